The number of thioether (sulfide) groups is 1. The van der Waals surface area contributed by atoms with E-state index in [0.717, 1.165) is 35.9 Å². The highest BCUT2D eigenvalue weighted by Gasteiger charge is 2.19. The molecule has 0 aromatic carbocycles. The number of nitrogens with zero attached hydrogens (tertiary/aromatic N) is 4. The van der Waals surface area contributed by atoms with Crippen molar-refractivity contribution in [1.29, 1.82) is 0 Å². The minimum absolute atomic E-state index is 0.0979. The first-order valence-electron chi connectivity index (χ1n) is 7.26. The van der Waals surface area contributed by atoms with Crippen LogP contribution in [0.5, 0.6) is 0 Å². The molecular formula is C14H23N5OS. The maximum atomic E-state index is 12.2. The molecule has 1 aliphatic carbocycles. The average molecular weight is 309 g/mol. The summed E-state index contributed by atoms with van der Waals surface area (Å²) in [6, 6.07) is 0.228. The Hall–Kier alpha value is -1.34. The Morgan fingerprint density at radius 2 is 2.29 bits per heavy atom. The molecule has 0 fully saturated rings. The van der Waals surface area contributed by atoms with Crippen molar-refractivity contribution < 1.29 is 4.79 Å². The molecule has 0 saturated heterocycles. The van der Waals surface area contributed by atoms with E-state index in [2.05, 4.69) is 30.1 Å². The van der Waals surface area contributed by atoms with Crippen LogP contribution in [0.25, 0.3) is 0 Å². The molecule has 0 atom stereocenters. The maximum absolute atomic E-state index is 12.2. The fourth-order valence-corrected chi connectivity index (χ4v) is 3.41. The van der Waals surface area contributed by atoms with Gasteiger partial charge >= 0.3 is 0 Å². The van der Waals surface area contributed by atoms with E-state index in [-0.39, 0.29) is 11.9 Å². The molecule has 1 aromatic rings. The normalized spacial score (nSPS) is 14.6. The molecule has 1 amide bonds. The van der Waals surface area contributed by atoms with Crippen LogP contribution in [0, 0.1) is 0 Å². The van der Waals surface area contributed by atoms with Gasteiger partial charge in [-0.15, -0.1) is 10.2 Å². The zero-order valence-corrected chi connectivity index (χ0v) is 13.7. The van der Waals surface area contributed by atoms with Gasteiger partial charge in [-0.25, -0.2) is 0 Å². The standard InChI is InChI=1S/C14H23N5OS/c1-10(2)19-12(8-15)16-17-14(19)21-9-13(20)18(3)11-6-4-5-7-11/h6,10H,4-5,7-9,15H2,1-3H3. The summed E-state index contributed by atoms with van der Waals surface area (Å²) in [7, 11) is 1.85. The van der Waals surface area contributed by atoms with Gasteiger partial charge in [0.05, 0.1) is 12.3 Å². The van der Waals surface area contributed by atoms with Crippen LogP contribution < -0.4 is 5.73 Å². The maximum Gasteiger partial charge on any atom is 0.236 e. The summed E-state index contributed by atoms with van der Waals surface area (Å²) >= 11 is 1.42. The Labute approximate surface area is 129 Å². The van der Waals surface area contributed by atoms with Gasteiger partial charge in [0, 0.05) is 18.8 Å². The van der Waals surface area contributed by atoms with E-state index >= 15 is 0 Å². The van der Waals surface area contributed by atoms with Gasteiger partial charge in [0.15, 0.2) is 5.16 Å². The highest BCUT2D eigenvalue weighted by molar-refractivity contribution is 7.99. The van der Waals surface area contributed by atoms with Crippen LogP contribution in [-0.4, -0.2) is 38.4 Å². The molecule has 2 N–H and O–H groups in total. The third kappa shape index (κ3) is 3.65. The van der Waals surface area contributed by atoms with Gasteiger partial charge in [-0.2, -0.15) is 0 Å². The molecule has 0 radical (unpaired) electrons. The van der Waals surface area contributed by atoms with Crippen molar-refractivity contribution in [3.63, 3.8) is 0 Å². The summed E-state index contributed by atoms with van der Waals surface area (Å²) in [4.78, 5) is 14.0. The molecule has 0 bridgehead atoms. The highest BCUT2D eigenvalue weighted by atomic mass is 32.2. The molecule has 6 nitrogen and oxygen atoms in total. The summed E-state index contributed by atoms with van der Waals surface area (Å²) in [5.74, 6) is 1.22. The quantitative estimate of drug-likeness (QED) is 0.813. The molecular weight excluding hydrogens is 286 g/mol. The number of carbonyl (C=O) groups excluding carboxylic acids is 1. The number of hydrogen-bond donors (Lipinski definition) is 1. The molecule has 0 unspecified atom stereocenters. The molecule has 0 spiro atoms. The van der Waals surface area contributed by atoms with Gasteiger partial charge in [-0.05, 0) is 33.1 Å². The Balaban J connectivity index is 1.99. The molecule has 1 heterocycles. The number of amides is 1. The summed E-state index contributed by atoms with van der Waals surface area (Å²) in [5.41, 5.74) is 6.81. The summed E-state index contributed by atoms with van der Waals surface area (Å²) < 4.78 is 1.99. The van der Waals surface area contributed by atoms with Gasteiger partial charge in [-0.1, -0.05) is 17.8 Å². The van der Waals surface area contributed by atoms with Crippen molar-refractivity contribution in [2.45, 2.75) is 50.9 Å². The van der Waals surface area contributed by atoms with Gasteiger partial charge in [-0.3, -0.25) is 4.79 Å². The number of rotatable bonds is 6. The van der Waals surface area contributed by atoms with Crippen LogP contribution in [-0.2, 0) is 11.3 Å². The Bertz CT molecular complexity index is 537. The third-order valence-corrected chi connectivity index (χ3v) is 4.51. The Morgan fingerprint density at radius 1 is 1.52 bits per heavy atom. The largest absolute Gasteiger partial charge is 0.324 e. The van der Waals surface area contributed by atoms with Crippen molar-refractivity contribution in [3.8, 4) is 0 Å². The van der Waals surface area contributed by atoms with E-state index in [9.17, 15) is 4.79 Å². The summed E-state index contributed by atoms with van der Waals surface area (Å²) in [5, 5.41) is 8.99. The predicted octanol–water partition coefficient (Wildman–Crippen LogP) is 1.94. The van der Waals surface area contributed by atoms with Crippen LogP contribution in [0.1, 0.15) is 45.0 Å². The number of allylic oxidation sites excluding steroid dienone is 2. The lowest BCUT2D eigenvalue weighted by molar-refractivity contribution is -0.125. The average Bonchev–Trinajstić information content (AvgIpc) is 3.12. The van der Waals surface area contributed by atoms with Crippen LogP contribution in [0.2, 0.25) is 0 Å². The lowest BCUT2D eigenvalue weighted by Crippen LogP contribution is -2.27. The van der Waals surface area contributed by atoms with Crippen LogP contribution in [0.4, 0.5) is 0 Å². The zero-order valence-electron chi connectivity index (χ0n) is 12.9. The topological polar surface area (TPSA) is 77.0 Å². The second kappa shape index (κ2) is 7.09. The number of aromatic nitrogens is 3. The predicted molar refractivity (Wildman–Crippen MR) is 83.7 cm³/mol. The van der Waals surface area contributed by atoms with E-state index in [0.29, 0.717) is 12.3 Å². The van der Waals surface area contributed by atoms with Crippen LogP contribution in [0.15, 0.2) is 16.9 Å². The second-order valence-corrected chi connectivity index (χ2v) is 6.34. The van der Waals surface area contributed by atoms with E-state index in [1.807, 2.05) is 11.6 Å². The second-order valence-electron chi connectivity index (χ2n) is 5.40. The van der Waals surface area contributed by atoms with Crippen molar-refractivity contribution in [1.82, 2.24) is 19.7 Å². The minimum atomic E-state index is 0.0979. The monoisotopic (exact) mass is 309 g/mol. The molecule has 7 heteroatoms. The van der Waals surface area contributed by atoms with Crippen LogP contribution in [0.3, 0.4) is 0 Å². The Kier molecular flexibility index (Phi) is 5.41. The number of nitrogens with two attached hydrogens (primary N) is 1. The number of carbonyl (C=O) groups is 1. The van der Waals surface area contributed by atoms with Crippen molar-refractivity contribution in [2.75, 3.05) is 12.8 Å². The van der Waals surface area contributed by atoms with Crippen LogP contribution >= 0.6 is 11.8 Å². The molecule has 1 aromatic heterocycles. The fourth-order valence-electron chi connectivity index (χ4n) is 2.41. The molecule has 21 heavy (non-hydrogen) atoms. The summed E-state index contributed by atoms with van der Waals surface area (Å²) in [6.45, 7) is 4.47. The highest BCUT2D eigenvalue weighted by Crippen LogP contribution is 2.24. The first-order valence-corrected chi connectivity index (χ1v) is 8.25. The van der Waals surface area contributed by atoms with E-state index in [1.54, 1.807) is 4.90 Å². The van der Waals surface area contributed by atoms with E-state index in [4.69, 9.17) is 5.73 Å². The third-order valence-electron chi connectivity index (χ3n) is 3.58. The fraction of sp³-hybridized carbons (Fsp3) is 0.643. The van der Waals surface area contributed by atoms with Gasteiger partial charge < -0.3 is 15.2 Å². The molecule has 2 rings (SSSR count). The smallest absolute Gasteiger partial charge is 0.236 e. The van der Waals surface area contributed by atoms with Gasteiger partial charge in [0.25, 0.3) is 0 Å². The Morgan fingerprint density at radius 3 is 2.86 bits per heavy atom. The first kappa shape index (κ1) is 16.0. The minimum Gasteiger partial charge on any atom is -0.324 e. The van der Waals surface area contributed by atoms with Crippen molar-refractivity contribution in [2.24, 2.45) is 5.73 Å². The number of hydrogen-bond acceptors (Lipinski definition) is 5. The molecule has 0 aliphatic heterocycles. The molecule has 116 valence electrons. The lowest BCUT2D eigenvalue weighted by atomic mass is 10.3. The van der Waals surface area contributed by atoms with E-state index < -0.39 is 0 Å². The van der Waals surface area contributed by atoms with Gasteiger partial charge in [0.2, 0.25) is 5.91 Å². The first-order chi connectivity index (χ1) is 10.0. The van der Waals surface area contributed by atoms with Crippen molar-refractivity contribution in [3.05, 3.63) is 17.6 Å². The molecule has 1 aliphatic rings. The molecule has 0 saturated carbocycles. The van der Waals surface area contributed by atoms with Gasteiger partial charge in [0.1, 0.15) is 5.82 Å². The van der Waals surface area contributed by atoms with E-state index in [1.165, 1.54) is 11.8 Å². The van der Waals surface area contributed by atoms with Crippen molar-refractivity contribution >= 4 is 17.7 Å². The lowest BCUT2D eigenvalue weighted by Gasteiger charge is -2.18. The zero-order chi connectivity index (χ0) is 15.4. The summed E-state index contributed by atoms with van der Waals surface area (Å²) in [6.07, 6.45) is 5.35. The SMILES string of the molecule is CC(C)n1c(CN)nnc1SCC(=O)N(C)C1=CCCC1.